The van der Waals surface area contributed by atoms with E-state index < -0.39 is 0 Å². The van der Waals surface area contributed by atoms with E-state index >= 15 is 0 Å². The Hall–Kier alpha value is -5.39. The second-order valence-corrected chi connectivity index (χ2v) is 14.6. The summed E-state index contributed by atoms with van der Waals surface area (Å²) in [4.78, 5) is 11.9. The van der Waals surface area contributed by atoms with E-state index in [1.165, 1.54) is 43.7 Å². The van der Waals surface area contributed by atoms with Crippen LogP contribution in [0.25, 0.3) is 50.6 Å². The molecule has 0 radical (unpaired) electrons. The molecule has 236 valence electrons. The van der Waals surface area contributed by atoms with E-state index in [0.29, 0.717) is 11.1 Å². The first-order valence-corrected chi connectivity index (χ1v) is 17.8. The van der Waals surface area contributed by atoms with E-state index in [1.54, 1.807) is 7.11 Å². The maximum Gasteiger partial charge on any atom is 0.162 e. The average molecular weight is 652 g/mol. The highest BCUT2D eigenvalue weighted by Crippen LogP contribution is 2.60. The number of allylic oxidation sites excluding steroid dienone is 6. The molecule has 0 N–H and O–H groups in total. The van der Waals surface area contributed by atoms with E-state index in [4.69, 9.17) is 14.7 Å². The van der Waals surface area contributed by atoms with Gasteiger partial charge < -0.3 is 4.74 Å². The van der Waals surface area contributed by atoms with Gasteiger partial charge in [-0.15, -0.1) is 11.8 Å². The van der Waals surface area contributed by atoms with Gasteiger partial charge in [-0.3, -0.25) is 4.57 Å². The Labute approximate surface area is 290 Å². The molecule has 0 saturated carbocycles. The third-order valence-electron chi connectivity index (χ3n) is 10.8. The highest BCUT2D eigenvalue weighted by Gasteiger charge is 2.47. The number of methoxy groups -OCH3 is 1. The zero-order valence-electron chi connectivity index (χ0n) is 27.2. The van der Waals surface area contributed by atoms with Gasteiger partial charge in [0, 0.05) is 55.5 Å². The lowest BCUT2D eigenvalue weighted by Crippen LogP contribution is -2.33. The smallest absolute Gasteiger partial charge is 0.162 e. The fourth-order valence-electron chi connectivity index (χ4n) is 8.53. The number of aromatic nitrogens is 3. The van der Waals surface area contributed by atoms with E-state index in [2.05, 4.69) is 151 Å². The Kier molecular flexibility index (Phi) is 6.31. The molecule has 49 heavy (non-hydrogen) atoms. The van der Waals surface area contributed by atoms with Crippen LogP contribution < -0.4 is 0 Å². The quantitative estimate of drug-likeness (QED) is 0.190. The van der Waals surface area contributed by atoms with Crippen LogP contribution in [-0.4, -0.2) is 26.9 Å². The van der Waals surface area contributed by atoms with Crippen molar-refractivity contribution < 1.29 is 4.74 Å². The number of fused-ring (bicyclic) bond motifs is 12. The monoisotopic (exact) mass is 651 g/mol. The van der Waals surface area contributed by atoms with E-state index in [9.17, 15) is 0 Å². The fourth-order valence-corrected chi connectivity index (χ4v) is 9.85. The van der Waals surface area contributed by atoms with Crippen LogP contribution in [0.5, 0.6) is 0 Å². The highest BCUT2D eigenvalue weighted by molar-refractivity contribution is 8.00. The molecule has 4 unspecified atom stereocenters. The van der Waals surface area contributed by atoms with Crippen LogP contribution in [0.3, 0.4) is 0 Å². The van der Waals surface area contributed by atoms with Gasteiger partial charge in [0.05, 0.1) is 24.0 Å². The minimum absolute atomic E-state index is 0.205. The number of ether oxygens (including phenoxy) is 1. The second kappa shape index (κ2) is 10.8. The first kappa shape index (κ1) is 28.6. The Morgan fingerprint density at radius 2 is 1.59 bits per heavy atom. The molecule has 6 aromatic rings. The molecule has 5 heteroatoms. The summed E-state index contributed by atoms with van der Waals surface area (Å²) in [6.07, 6.45) is 16.0. The van der Waals surface area contributed by atoms with Crippen LogP contribution in [0.1, 0.15) is 35.4 Å². The maximum absolute atomic E-state index is 5.80. The van der Waals surface area contributed by atoms with Gasteiger partial charge in [-0.05, 0) is 41.0 Å². The molecule has 0 bridgehead atoms. The van der Waals surface area contributed by atoms with Gasteiger partial charge >= 0.3 is 0 Å². The van der Waals surface area contributed by atoms with Crippen molar-refractivity contribution in [1.82, 2.24) is 14.5 Å². The third-order valence-corrected chi connectivity index (χ3v) is 12.1. The number of hydrogen-bond acceptors (Lipinski definition) is 4. The normalized spacial score (nSPS) is 22.6. The molecule has 2 aromatic heterocycles. The third kappa shape index (κ3) is 4.18. The number of rotatable bonds is 4. The van der Waals surface area contributed by atoms with Crippen LogP contribution in [0.2, 0.25) is 0 Å². The largest absolute Gasteiger partial charge is 0.497 e. The van der Waals surface area contributed by atoms with Crippen LogP contribution in [0.15, 0.2) is 156 Å². The van der Waals surface area contributed by atoms with Gasteiger partial charge in [-0.2, -0.15) is 0 Å². The first-order chi connectivity index (χ1) is 24.1. The molecule has 4 atom stereocenters. The lowest BCUT2D eigenvalue weighted by molar-refractivity contribution is 0.302. The molecule has 0 fully saturated rings. The topological polar surface area (TPSA) is 39.9 Å². The van der Waals surface area contributed by atoms with Crippen molar-refractivity contribution in [2.75, 3.05) is 7.11 Å². The Morgan fingerprint density at radius 1 is 0.816 bits per heavy atom. The zero-order valence-corrected chi connectivity index (χ0v) is 28.1. The zero-order chi connectivity index (χ0) is 32.7. The molecule has 3 aliphatic carbocycles. The van der Waals surface area contributed by atoms with Crippen molar-refractivity contribution in [1.29, 1.82) is 0 Å². The first-order valence-electron chi connectivity index (χ1n) is 16.9. The molecule has 4 nitrogen and oxygen atoms in total. The van der Waals surface area contributed by atoms with Crippen LogP contribution in [0, 0.1) is 0 Å². The minimum Gasteiger partial charge on any atom is -0.497 e. The van der Waals surface area contributed by atoms with Crippen molar-refractivity contribution in [3.8, 4) is 39.7 Å². The lowest BCUT2D eigenvalue weighted by Gasteiger charge is -2.42. The van der Waals surface area contributed by atoms with E-state index in [-0.39, 0.29) is 17.3 Å². The molecule has 0 saturated heterocycles. The average Bonchev–Trinajstić information content (AvgIpc) is 3.72. The predicted octanol–water partition coefficient (Wildman–Crippen LogP) is 10.6. The summed E-state index contributed by atoms with van der Waals surface area (Å²) in [6, 6.07) is 36.6. The van der Waals surface area contributed by atoms with Crippen molar-refractivity contribution in [2.45, 2.75) is 34.3 Å². The van der Waals surface area contributed by atoms with Crippen LogP contribution in [-0.2, 0) is 10.2 Å². The van der Waals surface area contributed by atoms with Gasteiger partial charge in [0.1, 0.15) is 11.6 Å². The molecule has 1 aliphatic heterocycles. The highest BCUT2D eigenvalue weighted by atomic mass is 32.2. The van der Waals surface area contributed by atoms with E-state index in [0.717, 1.165) is 28.4 Å². The molecular formula is C44H33N3OS. The Bertz CT molecular complexity index is 2380. The van der Waals surface area contributed by atoms with Gasteiger partial charge in [0.15, 0.2) is 5.82 Å². The summed E-state index contributed by atoms with van der Waals surface area (Å²) < 4.78 is 8.24. The molecule has 4 aromatic carbocycles. The lowest BCUT2D eigenvalue weighted by atomic mass is 9.61. The summed E-state index contributed by atoms with van der Waals surface area (Å²) in [5.41, 5.74) is 10.4. The fraction of sp³-hybridized carbons (Fsp3) is 0.136. The number of nitrogens with zero attached hydrogens (tertiary/aromatic N) is 3. The van der Waals surface area contributed by atoms with Gasteiger partial charge in [-0.25, -0.2) is 9.97 Å². The summed E-state index contributed by atoms with van der Waals surface area (Å²) in [5, 5.41) is 1.66. The summed E-state index contributed by atoms with van der Waals surface area (Å²) >= 11 is 1.96. The van der Waals surface area contributed by atoms with Gasteiger partial charge in [-0.1, -0.05) is 122 Å². The molecule has 3 heterocycles. The van der Waals surface area contributed by atoms with Crippen molar-refractivity contribution >= 4 is 22.7 Å². The summed E-state index contributed by atoms with van der Waals surface area (Å²) in [7, 11) is 1.77. The van der Waals surface area contributed by atoms with Gasteiger partial charge in [0.2, 0.25) is 0 Å². The van der Waals surface area contributed by atoms with E-state index in [1.807, 2.05) is 17.8 Å². The van der Waals surface area contributed by atoms with Crippen molar-refractivity contribution in [3.63, 3.8) is 0 Å². The number of hydrogen-bond donors (Lipinski definition) is 0. The van der Waals surface area contributed by atoms with Crippen LogP contribution >= 0.6 is 11.8 Å². The molecular weight excluding hydrogens is 619 g/mol. The Balaban J connectivity index is 1.36. The second-order valence-electron chi connectivity index (χ2n) is 13.4. The van der Waals surface area contributed by atoms with Crippen molar-refractivity contribution in [2.24, 2.45) is 0 Å². The molecule has 0 amide bonds. The van der Waals surface area contributed by atoms with Crippen molar-refractivity contribution in [3.05, 3.63) is 168 Å². The standard InChI is InChI=1S/C44H33N3OS/c1-44-24-12-11-19-33(44)30-17-9-10-18-31(30)42-41(44)40-35(21-23-37-39(40)32-25-29(48-2)20-22-36(32)49-37)47(42)38-26-34(27-13-5-3-6-14-27)45-43(46-38)28-15-7-4-8-16-28/h3-26,32-33,36H,1-2H3. The number of thioether (sulfide) groups is 1. The number of benzene rings is 4. The maximum atomic E-state index is 5.80. The molecule has 4 aliphatic rings. The summed E-state index contributed by atoms with van der Waals surface area (Å²) in [6.45, 7) is 2.43. The SMILES string of the molecule is COC1=CC2c3c(ccc4c3c3c(n4-c4cc(-c5ccccc5)nc(-c5ccccc5)n4)-c4ccccc4C4C=CC=CC34C)SC2C=C1. The minimum atomic E-state index is -0.268. The molecule has 0 spiro atoms. The van der Waals surface area contributed by atoms with Crippen LogP contribution in [0.4, 0.5) is 0 Å². The molecule has 10 rings (SSSR count). The predicted molar refractivity (Wildman–Crippen MR) is 200 cm³/mol. The van der Waals surface area contributed by atoms with Gasteiger partial charge in [0.25, 0.3) is 0 Å². The Morgan fingerprint density at radius 3 is 2.41 bits per heavy atom. The summed E-state index contributed by atoms with van der Waals surface area (Å²) in [5.74, 6) is 2.91.